The normalized spacial score (nSPS) is 19.0. The Balaban J connectivity index is 1.54. The maximum absolute atomic E-state index is 12.3. The van der Waals surface area contributed by atoms with Gasteiger partial charge in [-0.15, -0.1) is 0 Å². The molecule has 2 saturated heterocycles. The van der Waals surface area contributed by atoms with Crippen LogP contribution in [0.3, 0.4) is 0 Å². The summed E-state index contributed by atoms with van der Waals surface area (Å²) < 4.78 is 0. The van der Waals surface area contributed by atoms with Crippen molar-refractivity contribution in [1.82, 2.24) is 20.9 Å². The van der Waals surface area contributed by atoms with Gasteiger partial charge in [-0.2, -0.15) is 0 Å². The SMILES string of the molecule is O=C(NCCN1CCNCC1)c1cccc(N2CCCNC2=O)c1. The summed E-state index contributed by atoms with van der Waals surface area (Å²) in [6, 6.07) is 7.15. The average Bonchev–Trinajstić information content (AvgIpc) is 2.63. The van der Waals surface area contributed by atoms with Crippen molar-refractivity contribution in [2.24, 2.45) is 0 Å². The van der Waals surface area contributed by atoms with E-state index in [9.17, 15) is 9.59 Å². The third-order valence-electron chi connectivity index (χ3n) is 4.42. The number of piperazine rings is 1. The van der Waals surface area contributed by atoms with Crippen molar-refractivity contribution in [3.63, 3.8) is 0 Å². The van der Waals surface area contributed by atoms with Crippen LogP contribution in [-0.4, -0.2) is 69.2 Å². The molecule has 1 aromatic rings. The predicted octanol–water partition coefficient (Wildman–Crippen LogP) is 0.241. The number of nitrogens with zero attached hydrogens (tertiary/aromatic N) is 2. The van der Waals surface area contributed by atoms with Gasteiger partial charge in [0.15, 0.2) is 0 Å². The fraction of sp³-hybridized carbons (Fsp3) is 0.529. The Bertz CT molecular complexity index is 586. The minimum Gasteiger partial charge on any atom is -0.351 e. The van der Waals surface area contributed by atoms with Crippen LogP contribution in [0.5, 0.6) is 0 Å². The molecular weight excluding hydrogens is 306 g/mol. The van der Waals surface area contributed by atoms with E-state index >= 15 is 0 Å². The standard InChI is InChI=1S/C17H25N5O2/c23-16(19-8-12-21-10-6-18-7-11-21)14-3-1-4-15(13-14)22-9-2-5-20-17(22)24/h1,3-4,13,18H,2,5-12H2,(H,19,23)(H,20,24). The van der Waals surface area contributed by atoms with Crippen LogP contribution in [0.2, 0.25) is 0 Å². The van der Waals surface area contributed by atoms with E-state index in [1.165, 1.54) is 0 Å². The Morgan fingerprint density at radius 1 is 1.17 bits per heavy atom. The Labute approximate surface area is 142 Å². The molecule has 2 aliphatic rings. The number of benzene rings is 1. The molecule has 0 radical (unpaired) electrons. The van der Waals surface area contributed by atoms with E-state index in [1.807, 2.05) is 12.1 Å². The summed E-state index contributed by atoms with van der Waals surface area (Å²) in [6.07, 6.45) is 0.910. The molecule has 0 bridgehead atoms. The number of amides is 3. The second kappa shape index (κ2) is 8.12. The molecule has 2 fully saturated rings. The van der Waals surface area contributed by atoms with E-state index in [-0.39, 0.29) is 11.9 Å². The van der Waals surface area contributed by atoms with Gasteiger partial charge in [-0.1, -0.05) is 6.07 Å². The molecule has 3 N–H and O–H groups in total. The zero-order valence-corrected chi connectivity index (χ0v) is 13.9. The van der Waals surface area contributed by atoms with Crippen LogP contribution in [0.4, 0.5) is 10.5 Å². The number of carbonyl (C=O) groups is 2. The third-order valence-corrected chi connectivity index (χ3v) is 4.42. The van der Waals surface area contributed by atoms with E-state index in [0.29, 0.717) is 25.2 Å². The molecule has 24 heavy (non-hydrogen) atoms. The van der Waals surface area contributed by atoms with Gasteiger partial charge in [0.2, 0.25) is 0 Å². The van der Waals surface area contributed by atoms with Gasteiger partial charge >= 0.3 is 6.03 Å². The fourth-order valence-electron chi connectivity index (χ4n) is 3.06. The Morgan fingerprint density at radius 3 is 2.79 bits per heavy atom. The van der Waals surface area contributed by atoms with Crippen molar-refractivity contribution < 1.29 is 9.59 Å². The highest BCUT2D eigenvalue weighted by molar-refractivity contribution is 5.97. The summed E-state index contributed by atoms with van der Waals surface area (Å²) >= 11 is 0. The number of carbonyl (C=O) groups excluding carboxylic acids is 2. The quantitative estimate of drug-likeness (QED) is 0.722. The molecule has 0 atom stereocenters. The molecule has 0 spiro atoms. The number of urea groups is 1. The lowest BCUT2D eigenvalue weighted by Gasteiger charge is -2.28. The fourth-order valence-corrected chi connectivity index (χ4v) is 3.06. The minimum absolute atomic E-state index is 0.0931. The monoisotopic (exact) mass is 331 g/mol. The van der Waals surface area contributed by atoms with Crippen LogP contribution in [-0.2, 0) is 0 Å². The van der Waals surface area contributed by atoms with Crippen molar-refractivity contribution in [2.45, 2.75) is 6.42 Å². The van der Waals surface area contributed by atoms with Gasteiger partial charge in [-0.05, 0) is 24.6 Å². The van der Waals surface area contributed by atoms with E-state index in [1.54, 1.807) is 17.0 Å². The van der Waals surface area contributed by atoms with Gasteiger partial charge < -0.3 is 16.0 Å². The summed E-state index contributed by atoms with van der Waals surface area (Å²) in [6.45, 7) is 6.95. The molecule has 130 valence electrons. The maximum Gasteiger partial charge on any atom is 0.321 e. The zero-order chi connectivity index (χ0) is 16.8. The molecule has 0 aromatic heterocycles. The van der Waals surface area contributed by atoms with E-state index < -0.39 is 0 Å². The predicted molar refractivity (Wildman–Crippen MR) is 93.4 cm³/mol. The van der Waals surface area contributed by atoms with Crippen LogP contribution in [0.15, 0.2) is 24.3 Å². The van der Waals surface area contributed by atoms with Crippen LogP contribution in [0.25, 0.3) is 0 Å². The maximum atomic E-state index is 12.3. The number of nitrogens with one attached hydrogen (secondary N) is 3. The zero-order valence-electron chi connectivity index (χ0n) is 13.9. The highest BCUT2D eigenvalue weighted by Crippen LogP contribution is 2.18. The third kappa shape index (κ3) is 4.24. The molecule has 0 unspecified atom stereocenters. The lowest BCUT2D eigenvalue weighted by atomic mass is 10.1. The highest BCUT2D eigenvalue weighted by atomic mass is 16.2. The van der Waals surface area contributed by atoms with E-state index in [4.69, 9.17) is 0 Å². The summed E-state index contributed by atoms with van der Waals surface area (Å²) in [5, 5.41) is 9.11. The molecule has 2 aliphatic heterocycles. The number of hydrogen-bond donors (Lipinski definition) is 3. The molecule has 3 rings (SSSR count). The molecular formula is C17H25N5O2. The first-order valence-electron chi connectivity index (χ1n) is 8.61. The van der Waals surface area contributed by atoms with Crippen LogP contribution in [0, 0.1) is 0 Å². The van der Waals surface area contributed by atoms with Gasteiger partial charge in [-0.3, -0.25) is 14.6 Å². The molecule has 1 aromatic carbocycles. The number of anilines is 1. The van der Waals surface area contributed by atoms with E-state index in [2.05, 4.69) is 20.9 Å². The molecule has 7 nitrogen and oxygen atoms in total. The summed E-state index contributed by atoms with van der Waals surface area (Å²) in [7, 11) is 0. The lowest BCUT2D eigenvalue weighted by Crippen LogP contribution is -2.46. The van der Waals surface area contributed by atoms with Crippen molar-refractivity contribution >= 4 is 17.6 Å². The topological polar surface area (TPSA) is 76.7 Å². The van der Waals surface area contributed by atoms with Crippen LogP contribution < -0.4 is 20.9 Å². The Hall–Kier alpha value is -2.12. The molecule has 0 aliphatic carbocycles. The summed E-state index contributed by atoms with van der Waals surface area (Å²) in [4.78, 5) is 28.3. The Kier molecular flexibility index (Phi) is 5.66. The van der Waals surface area contributed by atoms with Crippen molar-refractivity contribution in [2.75, 3.05) is 57.3 Å². The minimum atomic E-state index is -0.0995. The summed E-state index contributed by atoms with van der Waals surface area (Å²) in [5.41, 5.74) is 1.35. The molecule has 3 amide bonds. The first kappa shape index (κ1) is 16.7. The molecule has 7 heteroatoms. The van der Waals surface area contributed by atoms with E-state index in [0.717, 1.165) is 44.8 Å². The van der Waals surface area contributed by atoms with Gasteiger partial charge in [0.1, 0.15) is 0 Å². The average molecular weight is 331 g/mol. The Morgan fingerprint density at radius 2 is 2.00 bits per heavy atom. The van der Waals surface area contributed by atoms with Gasteiger partial charge in [0.05, 0.1) is 0 Å². The van der Waals surface area contributed by atoms with Crippen LogP contribution >= 0.6 is 0 Å². The number of rotatable bonds is 5. The first-order chi connectivity index (χ1) is 11.7. The molecule has 0 saturated carbocycles. The summed E-state index contributed by atoms with van der Waals surface area (Å²) in [5.74, 6) is -0.0931. The van der Waals surface area contributed by atoms with Crippen LogP contribution in [0.1, 0.15) is 16.8 Å². The van der Waals surface area contributed by atoms with Gasteiger partial charge in [0.25, 0.3) is 5.91 Å². The largest absolute Gasteiger partial charge is 0.351 e. The lowest BCUT2D eigenvalue weighted by molar-refractivity contribution is 0.0947. The second-order valence-corrected chi connectivity index (χ2v) is 6.13. The highest BCUT2D eigenvalue weighted by Gasteiger charge is 2.20. The smallest absolute Gasteiger partial charge is 0.321 e. The van der Waals surface area contributed by atoms with Gasteiger partial charge in [0, 0.05) is 63.6 Å². The first-order valence-corrected chi connectivity index (χ1v) is 8.61. The second-order valence-electron chi connectivity index (χ2n) is 6.13. The van der Waals surface area contributed by atoms with Gasteiger partial charge in [-0.25, -0.2) is 4.79 Å². The molecule has 2 heterocycles. The van der Waals surface area contributed by atoms with Crippen molar-refractivity contribution in [1.29, 1.82) is 0 Å². The van der Waals surface area contributed by atoms with Crippen molar-refractivity contribution in [3.8, 4) is 0 Å². The number of hydrogen-bond acceptors (Lipinski definition) is 4. The van der Waals surface area contributed by atoms with Crippen molar-refractivity contribution in [3.05, 3.63) is 29.8 Å².